The first-order valence-electron chi connectivity index (χ1n) is 8.82. The molecule has 2 amide bonds. The Morgan fingerprint density at radius 2 is 1.79 bits per heavy atom. The van der Waals surface area contributed by atoms with Crippen LogP contribution in [0.15, 0.2) is 53.0 Å². The van der Waals surface area contributed by atoms with Gasteiger partial charge in [-0.15, -0.1) is 0 Å². The number of amides is 2. The van der Waals surface area contributed by atoms with Crippen LogP contribution in [-0.2, 0) is 16.1 Å². The fourth-order valence-electron chi connectivity index (χ4n) is 2.72. The molecule has 2 aromatic carbocycles. The lowest BCUT2D eigenvalue weighted by molar-refractivity contribution is -0.132. The number of benzene rings is 2. The molecular formula is C21H21BrFN3O2. The number of hydrogen-bond donors (Lipinski definition) is 0. The Balaban J connectivity index is 1.96. The second-order valence-corrected chi connectivity index (χ2v) is 7.19. The van der Waals surface area contributed by atoms with Crippen molar-refractivity contribution in [2.45, 2.75) is 25.8 Å². The molecule has 0 aromatic heterocycles. The van der Waals surface area contributed by atoms with E-state index in [4.69, 9.17) is 5.26 Å². The van der Waals surface area contributed by atoms with Gasteiger partial charge in [0.2, 0.25) is 11.8 Å². The van der Waals surface area contributed by atoms with E-state index in [1.807, 2.05) is 24.3 Å². The first-order valence-corrected chi connectivity index (χ1v) is 9.62. The predicted octanol–water partition coefficient (Wildman–Crippen LogP) is 4.27. The molecule has 0 aliphatic heterocycles. The van der Waals surface area contributed by atoms with Crippen molar-refractivity contribution in [2.24, 2.45) is 0 Å². The number of nitriles is 1. The summed E-state index contributed by atoms with van der Waals surface area (Å²) >= 11 is 3.29. The highest BCUT2D eigenvalue weighted by Gasteiger charge is 2.18. The van der Waals surface area contributed by atoms with Gasteiger partial charge in [-0.25, -0.2) is 4.39 Å². The van der Waals surface area contributed by atoms with Crippen LogP contribution >= 0.6 is 15.9 Å². The van der Waals surface area contributed by atoms with Gasteiger partial charge in [-0.1, -0.05) is 34.1 Å². The van der Waals surface area contributed by atoms with E-state index in [1.165, 1.54) is 15.9 Å². The smallest absolute Gasteiger partial charge is 0.227 e. The highest BCUT2D eigenvalue weighted by molar-refractivity contribution is 9.10. The van der Waals surface area contributed by atoms with Gasteiger partial charge in [0.15, 0.2) is 0 Å². The van der Waals surface area contributed by atoms with Crippen LogP contribution in [-0.4, -0.2) is 30.3 Å². The number of carbonyl (C=O) groups is 2. The van der Waals surface area contributed by atoms with Gasteiger partial charge in [-0.05, 0) is 30.3 Å². The number of para-hydroxylation sites is 1. The van der Waals surface area contributed by atoms with E-state index < -0.39 is 0 Å². The molecular weight excluding hydrogens is 425 g/mol. The minimum atomic E-state index is -0.384. The Hall–Kier alpha value is -2.72. The fourth-order valence-corrected chi connectivity index (χ4v) is 3.12. The number of carbonyl (C=O) groups excluding carboxylic acids is 2. The number of halogens is 2. The highest BCUT2D eigenvalue weighted by atomic mass is 79.9. The maximum Gasteiger partial charge on any atom is 0.227 e. The van der Waals surface area contributed by atoms with E-state index in [0.29, 0.717) is 11.3 Å². The molecule has 28 heavy (non-hydrogen) atoms. The molecule has 0 unspecified atom stereocenters. The third kappa shape index (κ3) is 6.17. The first-order chi connectivity index (χ1) is 13.4. The quantitative estimate of drug-likeness (QED) is 0.609. The van der Waals surface area contributed by atoms with Crippen LogP contribution in [0.1, 0.15) is 24.8 Å². The molecule has 2 aromatic rings. The largest absolute Gasteiger partial charge is 0.341 e. The van der Waals surface area contributed by atoms with Crippen molar-refractivity contribution in [3.8, 4) is 6.07 Å². The van der Waals surface area contributed by atoms with E-state index in [-0.39, 0.29) is 50.0 Å². The standard InChI is InChI=1S/C21H21BrFN3O2/c1-25(15-16-14-17(22)8-9-19(16)23)20(27)10-11-21(28)26(13-5-12-24)18-6-3-2-4-7-18/h2-4,6-9,14H,5,10-11,13,15H2,1H3. The zero-order valence-corrected chi connectivity index (χ0v) is 17.2. The van der Waals surface area contributed by atoms with E-state index in [2.05, 4.69) is 15.9 Å². The van der Waals surface area contributed by atoms with Crippen molar-refractivity contribution in [3.05, 3.63) is 64.4 Å². The number of hydrogen-bond acceptors (Lipinski definition) is 3. The molecule has 0 saturated carbocycles. The Morgan fingerprint density at radius 3 is 2.46 bits per heavy atom. The zero-order chi connectivity index (χ0) is 20.5. The lowest BCUT2D eigenvalue weighted by atomic mass is 10.1. The second kappa shape index (κ2) is 10.6. The molecule has 0 radical (unpaired) electrons. The summed E-state index contributed by atoms with van der Waals surface area (Å²) in [5.74, 6) is -0.858. The van der Waals surface area contributed by atoms with Crippen LogP contribution < -0.4 is 4.90 Å². The first kappa shape index (κ1) is 21.6. The van der Waals surface area contributed by atoms with Crippen molar-refractivity contribution < 1.29 is 14.0 Å². The van der Waals surface area contributed by atoms with Crippen LogP contribution in [0.5, 0.6) is 0 Å². The molecule has 0 heterocycles. The van der Waals surface area contributed by atoms with Gasteiger partial charge in [-0.2, -0.15) is 5.26 Å². The Bertz CT molecular complexity index is 868. The summed E-state index contributed by atoms with van der Waals surface area (Å²) in [6, 6.07) is 15.7. The molecule has 7 heteroatoms. The minimum absolute atomic E-state index is 0.0147. The molecule has 0 aliphatic rings. The van der Waals surface area contributed by atoms with Gasteiger partial charge in [0.1, 0.15) is 5.82 Å². The second-order valence-electron chi connectivity index (χ2n) is 6.27. The van der Waals surface area contributed by atoms with Gasteiger partial charge in [-0.3, -0.25) is 9.59 Å². The van der Waals surface area contributed by atoms with E-state index in [0.717, 1.165) is 4.47 Å². The number of rotatable bonds is 8. The summed E-state index contributed by atoms with van der Waals surface area (Å²) in [5, 5.41) is 8.83. The minimum Gasteiger partial charge on any atom is -0.341 e. The van der Waals surface area contributed by atoms with Crippen LogP contribution in [0, 0.1) is 17.1 Å². The summed E-state index contributed by atoms with van der Waals surface area (Å²) in [6.07, 6.45) is 0.238. The third-order valence-corrected chi connectivity index (χ3v) is 4.70. The summed E-state index contributed by atoms with van der Waals surface area (Å²) in [7, 11) is 1.58. The maximum absolute atomic E-state index is 13.9. The summed E-state index contributed by atoms with van der Waals surface area (Å²) < 4.78 is 14.6. The van der Waals surface area contributed by atoms with Crippen LogP contribution in [0.25, 0.3) is 0 Å². The molecule has 146 valence electrons. The molecule has 0 fully saturated rings. The average molecular weight is 446 g/mol. The average Bonchev–Trinajstić information content (AvgIpc) is 2.70. The number of nitrogens with zero attached hydrogens (tertiary/aromatic N) is 3. The van der Waals surface area contributed by atoms with Gasteiger partial charge in [0.05, 0.1) is 12.5 Å². The van der Waals surface area contributed by atoms with E-state index >= 15 is 0 Å². The molecule has 0 aliphatic carbocycles. The monoisotopic (exact) mass is 445 g/mol. The molecule has 0 bridgehead atoms. The Kier molecular flexibility index (Phi) is 8.15. The zero-order valence-electron chi connectivity index (χ0n) is 15.6. The normalized spacial score (nSPS) is 10.2. The summed E-state index contributed by atoms with van der Waals surface area (Å²) in [4.78, 5) is 27.9. The van der Waals surface area contributed by atoms with Crippen molar-refractivity contribution in [3.63, 3.8) is 0 Å². The highest BCUT2D eigenvalue weighted by Crippen LogP contribution is 2.18. The predicted molar refractivity (Wildman–Crippen MR) is 109 cm³/mol. The molecule has 0 saturated heterocycles. The van der Waals surface area contributed by atoms with Crippen LogP contribution in [0.3, 0.4) is 0 Å². The van der Waals surface area contributed by atoms with E-state index in [9.17, 15) is 14.0 Å². The lowest BCUT2D eigenvalue weighted by Gasteiger charge is -2.23. The summed E-state index contributed by atoms with van der Waals surface area (Å²) in [5.41, 5.74) is 1.09. The van der Waals surface area contributed by atoms with Crippen molar-refractivity contribution in [1.82, 2.24) is 4.90 Å². The maximum atomic E-state index is 13.9. The third-order valence-electron chi connectivity index (χ3n) is 4.21. The number of anilines is 1. The van der Waals surface area contributed by atoms with Crippen LogP contribution in [0.4, 0.5) is 10.1 Å². The lowest BCUT2D eigenvalue weighted by Crippen LogP contribution is -2.33. The Morgan fingerprint density at radius 1 is 1.11 bits per heavy atom. The SMILES string of the molecule is CN(Cc1cc(Br)ccc1F)C(=O)CCC(=O)N(CCC#N)c1ccccc1. The van der Waals surface area contributed by atoms with Crippen molar-refractivity contribution >= 4 is 33.4 Å². The summed E-state index contributed by atoms with van der Waals surface area (Å²) in [6.45, 7) is 0.391. The molecule has 0 N–H and O–H groups in total. The fraction of sp³-hybridized carbons (Fsp3) is 0.286. The van der Waals surface area contributed by atoms with E-state index in [1.54, 1.807) is 31.3 Å². The van der Waals surface area contributed by atoms with Crippen molar-refractivity contribution in [2.75, 3.05) is 18.5 Å². The van der Waals surface area contributed by atoms with Crippen LogP contribution in [0.2, 0.25) is 0 Å². The Labute approximate surface area is 172 Å². The van der Waals surface area contributed by atoms with Gasteiger partial charge >= 0.3 is 0 Å². The molecule has 0 atom stereocenters. The molecule has 5 nitrogen and oxygen atoms in total. The van der Waals surface area contributed by atoms with Crippen molar-refractivity contribution in [1.29, 1.82) is 5.26 Å². The molecule has 2 rings (SSSR count). The van der Waals surface area contributed by atoms with Gasteiger partial charge in [0.25, 0.3) is 0 Å². The molecule has 0 spiro atoms. The van der Waals surface area contributed by atoms with Gasteiger partial charge < -0.3 is 9.80 Å². The van der Waals surface area contributed by atoms with Gasteiger partial charge in [0, 0.05) is 48.7 Å². The topological polar surface area (TPSA) is 64.4 Å².